The first-order valence-corrected chi connectivity index (χ1v) is 11.2. The number of hydrogen-bond donors (Lipinski definition) is 1. The Hall–Kier alpha value is -4.37. The van der Waals surface area contributed by atoms with Crippen LogP contribution in [0.4, 0.5) is 11.4 Å². The van der Waals surface area contributed by atoms with Gasteiger partial charge in [0.25, 0.3) is 0 Å². The zero-order valence-electron chi connectivity index (χ0n) is 18.3. The third-order valence-corrected chi connectivity index (χ3v) is 7.00. The molecule has 1 N–H and O–H groups in total. The lowest BCUT2D eigenvalue weighted by atomic mass is 9.93. The highest BCUT2D eigenvalue weighted by molar-refractivity contribution is 6.30. The van der Waals surface area contributed by atoms with Crippen molar-refractivity contribution >= 4 is 67.0 Å². The third-order valence-electron chi connectivity index (χ3n) is 7.00. The maximum Gasteiger partial charge on any atom is 0.0707 e. The van der Waals surface area contributed by atoms with Crippen LogP contribution in [0.15, 0.2) is 96.0 Å². The number of rotatable bonds is 3. The number of hydrogen-bond acceptors (Lipinski definition) is 2. The Bertz CT molecular complexity index is 1870. The highest BCUT2D eigenvalue weighted by atomic mass is 14.9. The summed E-state index contributed by atoms with van der Waals surface area (Å²) in [5.41, 5.74) is 8.01. The van der Waals surface area contributed by atoms with Gasteiger partial charge >= 0.3 is 0 Å². The highest BCUT2D eigenvalue weighted by Gasteiger charge is 2.20. The molecule has 7 aromatic rings. The van der Waals surface area contributed by atoms with E-state index in [1.807, 2.05) is 7.05 Å². The van der Waals surface area contributed by atoms with Gasteiger partial charge in [0.05, 0.1) is 22.2 Å². The van der Waals surface area contributed by atoms with E-state index in [2.05, 4.69) is 112 Å². The van der Waals surface area contributed by atoms with Gasteiger partial charge in [-0.3, -0.25) is 4.99 Å². The van der Waals surface area contributed by atoms with E-state index in [0.717, 1.165) is 22.5 Å². The van der Waals surface area contributed by atoms with Gasteiger partial charge in [0, 0.05) is 45.4 Å². The molecule has 7 rings (SSSR count). The Labute approximate surface area is 190 Å². The molecule has 0 fully saturated rings. The summed E-state index contributed by atoms with van der Waals surface area (Å²) in [7, 11) is 1.96. The average molecular weight is 424 g/mol. The van der Waals surface area contributed by atoms with E-state index in [-0.39, 0.29) is 0 Å². The van der Waals surface area contributed by atoms with Gasteiger partial charge in [-0.1, -0.05) is 66.7 Å². The number of para-hydroxylation sites is 3. The van der Waals surface area contributed by atoms with Crippen LogP contribution in [0.2, 0.25) is 0 Å². The summed E-state index contributed by atoms with van der Waals surface area (Å²) in [6.45, 7) is 3.87. The van der Waals surface area contributed by atoms with Crippen LogP contribution in [0.3, 0.4) is 0 Å². The molecule has 2 aromatic heterocycles. The zero-order valence-corrected chi connectivity index (χ0v) is 18.3. The van der Waals surface area contributed by atoms with E-state index in [1.54, 1.807) is 0 Å². The molecular weight excluding hydrogens is 402 g/mol. The van der Waals surface area contributed by atoms with E-state index in [4.69, 9.17) is 0 Å². The predicted molar refractivity (Wildman–Crippen MR) is 143 cm³/mol. The van der Waals surface area contributed by atoms with Crippen molar-refractivity contribution in [1.29, 1.82) is 0 Å². The lowest BCUT2D eigenvalue weighted by molar-refractivity contribution is 1.37. The van der Waals surface area contributed by atoms with E-state index < -0.39 is 0 Å². The summed E-state index contributed by atoms with van der Waals surface area (Å²) in [6, 6.07) is 32.6. The van der Waals surface area contributed by atoms with Crippen molar-refractivity contribution in [3.8, 4) is 11.1 Å². The minimum Gasteiger partial charge on any atom is -0.388 e. The molecule has 3 heteroatoms. The fourth-order valence-corrected chi connectivity index (χ4v) is 5.66. The van der Waals surface area contributed by atoms with Gasteiger partial charge in [-0.05, 0) is 41.8 Å². The molecule has 0 unspecified atom stereocenters. The normalized spacial score (nSPS) is 11.9. The van der Waals surface area contributed by atoms with Crippen molar-refractivity contribution in [3.63, 3.8) is 0 Å². The molecule has 2 heterocycles. The van der Waals surface area contributed by atoms with Crippen molar-refractivity contribution in [1.82, 2.24) is 4.40 Å². The number of nitrogens with one attached hydrogen (secondary N) is 1. The number of benzene rings is 5. The lowest BCUT2D eigenvalue weighted by Crippen LogP contribution is -1.93. The number of anilines is 1. The van der Waals surface area contributed by atoms with E-state index in [9.17, 15) is 0 Å². The first-order valence-electron chi connectivity index (χ1n) is 11.2. The summed E-state index contributed by atoms with van der Waals surface area (Å²) >= 11 is 0. The second-order valence-corrected chi connectivity index (χ2v) is 8.52. The molecule has 33 heavy (non-hydrogen) atoms. The molecule has 5 aromatic carbocycles. The number of nitrogens with zero attached hydrogens (tertiary/aromatic N) is 2. The molecule has 0 amide bonds. The second kappa shape index (κ2) is 6.57. The minimum absolute atomic E-state index is 0.895. The molecule has 0 aliphatic heterocycles. The largest absolute Gasteiger partial charge is 0.388 e. The number of fused-ring (bicyclic) bond motifs is 8. The topological polar surface area (TPSA) is 28.8 Å². The third kappa shape index (κ3) is 2.26. The molecule has 156 valence electrons. The lowest BCUT2D eigenvalue weighted by Gasteiger charge is -2.15. The van der Waals surface area contributed by atoms with Crippen LogP contribution in [0, 0.1) is 0 Å². The fourth-order valence-electron chi connectivity index (χ4n) is 5.66. The maximum absolute atomic E-state index is 4.39. The Kier molecular flexibility index (Phi) is 3.63. The van der Waals surface area contributed by atoms with Crippen LogP contribution in [-0.4, -0.2) is 18.2 Å². The monoisotopic (exact) mass is 423 g/mol. The molecule has 0 atom stereocenters. The predicted octanol–water partition coefficient (Wildman–Crippen LogP) is 8.03. The van der Waals surface area contributed by atoms with E-state index >= 15 is 0 Å². The molecule has 0 aliphatic rings. The summed E-state index contributed by atoms with van der Waals surface area (Å²) in [6.07, 6.45) is 0. The Morgan fingerprint density at radius 1 is 0.667 bits per heavy atom. The fraction of sp³-hybridized carbons (Fsp3) is 0.0333. The van der Waals surface area contributed by atoms with Crippen LogP contribution in [-0.2, 0) is 0 Å². The van der Waals surface area contributed by atoms with Crippen LogP contribution in [0.1, 0.15) is 0 Å². The number of aromatic nitrogens is 1. The van der Waals surface area contributed by atoms with Gasteiger partial charge in [0.15, 0.2) is 0 Å². The van der Waals surface area contributed by atoms with Crippen molar-refractivity contribution in [2.24, 2.45) is 4.99 Å². The summed E-state index contributed by atoms with van der Waals surface area (Å²) < 4.78 is 2.43. The van der Waals surface area contributed by atoms with Gasteiger partial charge in [-0.15, -0.1) is 0 Å². The Morgan fingerprint density at radius 3 is 2.30 bits per heavy atom. The summed E-state index contributed by atoms with van der Waals surface area (Å²) in [4.78, 5) is 4.39. The van der Waals surface area contributed by atoms with Crippen molar-refractivity contribution in [2.45, 2.75) is 0 Å². The Morgan fingerprint density at radius 2 is 1.42 bits per heavy atom. The molecule has 0 saturated heterocycles. The van der Waals surface area contributed by atoms with Crippen LogP contribution in [0.25, 0.3) is 60.0 Å². The smallest absolute Gasteiger partial charge is 0.0707 e. The molecule has 0 radical (unpaired) electrons. The minimum atomic E-state index is 0.895. The quantitative estimate of drug-likeness (QED) is 0.286. The zero-order chi connectivity index (χ0) is 22.1. The van der Waals surface area contributed by atoms with Crippen molar-refractivity contribution < 1.29 is 0 Å². The van der Waals surface area contributed by atoms with Crippen LogP contribution in [0.5, 0.6) is 0 Å². The Balaban J connectivity index is 1.72. The second-order valence-electron chi connectivity index (χ2n) is 8.52. The van der Waals surface area contributed by atoms with E-state index in [0.29, 0.717) is 0 Å². The average Bonchev–Trinajstić information content (AvgIpc) is 3.40. The van der Waals surface area contributed by atoms with Gasteiger partial charge in [0.1, 0.15) is 0 Å². The first-order chi connectivity index (χ1) is 16.3. The van der Waals surface area contributed by atoms with Gasteiger partial charge < -0.3 is 9.72 Å². The summed E-state index contributed by atoms with van der Waals surface area (Å²) in [5.74, 6) is 0. The van der Waals surface area contributed by atoms with Crippen LogP contribution >= 0.6 is 0 Å². The molecule has 0 bridgehead atoms. The van der Waals surface area contributed by atoms with Gasteiger partial charge in [-0.25, -0.2) is 0 Å². The maximum atomic E-state index is 4.39. The standard InChI is InChI=1S/C30H21N3/c1-31-24-12-5-3-9-22(24)28-19-15-17-27-29(20(19)14-16-25(28)32-2)23-11-7-10-21-18-8-4-6-13-26(18)33(27)30(21)23/h3-17,31H,2H2,1H3. The van der Waals surface area contributed by atoms with E-state index in [1.165, 1.54) is 48.9 Å². The molecule has 3 nitrogen and oxygen atoms in total. The summed E-state index contributed by atoms with van der Waals surface area (Å²) in [5, 5.41) is 10.9. The van der Waals surface area contributed by atoms with Crippen molar-refractivity contribution in [2.75, 3.05) is 12.4 Å². The van der Waals surface area contributed by atoms with Crippen molar-refractivity contribution in [3.05, 3.63) is 91.0 Å². The molecule has 0 spiro atoms. The molecule has 0 aliphatic carbocycles. The van der Waals surface area contributed by atoms with Crippen LogP contribution < -0.4 is 5.32 Å². The highest BCUT2D eigenvalue weighted by Crippen LogP contribution is 2.46. The first kappa shape index (κ1) is 18.2. The molecular formula is C30H21N3. The van der Waals surface area contributed by atoms with Gasteiger partial charge in [0.2, 0.25) is 0 Å². The number of aliphatic imine (C=N–C) groups is 1. The SMILES string of the molecule is C=Nc1ccc2c(ccc3c2c2cccc4c5ccccc5n3c42)c1-c1ccccc1NC. The van der Waals surface area contributed by atoms with Gasteiger partial charge in [-0.2, -0.15) is 0 Å². The molecule has 0 saturated carbocycles.